The van der Waals surface area contributed by atoms with Crippen molar-refractivity contribution in [3.05, 3.63) is 0 Å². The molecule has 0 aromatic carbocycles. The van der Waals surface area contributed by atoms with Gasteiger partial charge in [0, 0.05) is 28.3 Å². The second-order valence-electron chi connectivity index (χ2n) is 2.64. The molecule has 0 bridgehead atoms. The highest BCUT2D eigenvalue weighted by Crippen LogP contribution is 2.32. The fraction of sp³-hybridized carbons (Fsp3) is 1.00. The van der Waals surface area contributed by atoms with E-state index >= 15 is 0 Å². The summed E-state index contributed by atoms with van der Waals surface area (Å²) in [6.45, 7) is 2.25. The molecule has 0 radical (unpaired) electrons. The van der Waals surface area contributed by atoms with Crippen LogP contribution in [0.5, 0.6) is 0 Å². The molecule has 0 saturated carbocycles. The molecule has 1 unspecified atom stereocenters. The van der Waals surface area contributed by atoms with Crippen LogP contribution in [-0.4, -0.2) is 34.0 Å². The molecule has 66 valence electrons. The Labute approximate surface area is 82.7 Å². The van der Waals surface area contributed by atoms with E-state index in [1.807, 2.05) is 0 Å². The first kappa shape index (κ1) is 10.1. The van der Waals surface area contributed by atoms with Crippen molar-refractivity contribution in [3.8, 4) is 0 Å². The van der Waals surface area contributed by atoms with Gasteiger partial charge in [-0.05, 0) is 12.2 Å². The quantitative estimate of drug-likeness (QED) is 0.466. The van der Waals surface area contributed by atoms with Gasteiger partial charge in [0.15, 0.2) is 0 Å². The van der Waals surface area contributed by atoms with Crippen LogP contribution in [0.2, 0.25) is 0 Å². The predicted octanol–water partition coefficient (Wildman–Crippen LogP) is 2.98. The molecule has 0 N–H and O–H groups in total. The van der Waals surface area contributed by atoms with E-state index in [1.165, 1.54) is 35.2 Å². The Morgan fingerprint density at radius 1 is 1.27 bits per heavy atom. The fourth-order valence-electron chi connectivity index (χ4n) is 0.743. The molecule has 1 rings (SSSR count). The van der Waals surface area contributed by atoms with E-state index < -0.39 is 0 Å². The van der Waals surface area contributed by atoms with Crippen molar-refractivity contribution in [2.45, 2.75) is 18.6 Å². The van der Waals surface area contributed by atoms with E-state index in [1.54, 1.807) is 0 Å². The van der Waals surface area contributed by atoms with Crippen LogP contribution in [-0.2, 0) is 0 Å². The summed E-state index contributed by atoms with van der Waals surface area (Å²) in [6, 6.07) is 0. The largest absolute Gasteiger partial charge is 0.161 e. The summed E-state index contributed by atoms with van der Waals surface area (Å²) in [5, 5.41) is 1.02. The minimum Gasteiger partial charge on any atom is -0.161 e. The molecular weight excluding hydrogens is 192 g/mol. The molecule has 1 aliphatic rings. The Morgan fingerprint density at radius 3 is 2.64 bits per heavy atom. The Hall–Kier alpha value is 1.05. The van der Waals surface area contributed by atoms with E-state index in [-0.39, 0.29) is 0 Å². The van der Waals surface area contributed by atoms with Crippen LogP contribution in [0, 0.1) is 0 Å². The Bertz CT molecular complexity index is 91.3. The zero-order valence-corrected chi connectivity index (χ0v) is 9.49. The van der Waals surface area contributed by atoms with Crippen LogP contribution in [0.15, 0.2) is 0 Å². The zero-order chi connectivity index (χ0) is 7.94. The molecule has 3 heteroatoms. The second kappa shape index (κ2) is 6.55. The van der Waals surface area contributed by atoms with Gasteiger partial charge < -0.3 is 0 Å². The highest BCUT2D eigenvalue weighted by molar-refractivity contribution is 8.09. The van der Waals surface area contributed by atoms with Gasteiger partial charge in [-0.2, -0.15) is 35.3 Å². The summed E-state index contributed by atoms with van der Waals surface area (Å²) in [6.07, 6.45) is 1.33. The molecule has 1 fully saturated rings. The minimum atomic E-state index is 1.02. The Morgan fingerprint density at radius 2 is 2.00 bits per heavy atom. The van der Waals surface area contributed by atoms with E-state index in [0.29, 0.717) is 0 Å². The molecule has 1 saturated heterocycles. The summed E-state index contributed by atoms with van der Waals surface area (Å²) in [4.78, 5) is 0. The average molecular weight is 208 g/mol. The van der Waals surface area contributed by atoms with Crippen LogP contribution < -0.4 is 0 Å². The van der Waals surface area contributed by atoms with Crippen LogP contribution in [0.3, 0.4) is 0 Å². The van der Waals surface area contributed by atoms with Crippen molar-refractivity contribution in [3.63, 3.8) is 0 Å². The van der Waals surface area contributed by atoms with E-state index in [9.17, 15) is 0 Å². The van der Waals surface area contributed by atoms with Crippen molar-refractivity contribution in [1.29, 1.82) is 0 Å². The monoisotopic (exact) mass is 208 g/mol. The van der Waals surface area contributed by atoms with Gasteiger partial charge in [0.05, 0.1) is 0 Å². The first-order valence-electron chi connectivity index (χ1n) is 4.20. The van der Waals surface area contributed by atoms with Gasteiger partial charge >= 0.3 is 0 Å². The molecule has 1 atom stereocenters. The third-order valence-electron chi connectivity index (χ3n) is 1.43. The van der Waals surface area contributed by atoms with E-state index in [0.717, 1.165) is 5.25 Å². The minimum absolute atomic E-state index is 1.02. The van der Waals surface area contributed by atoms with Crippen molar-refractivity contribution < 1.29 is 0 Å². The highest BCUT2D eigenvalue weighted by atomic mass is 32.2. The molecule has 1 heterocycles. The molecule has 0 aromatic heterocycles. The van der Waals surface area contributed by atoms with E-state index in [2.05, 4.69) is 42.2 Å². The Balaban J connectivity index is 1.66. The lowest BCUT2D eigenvalue weighted by atomic mass is 10.6. The predicted molar refractivity (Wildman–Crippen MR) is 61.2 cm³/mol. The standard InChI is InChI=1S/C8H16S3/c1-2-3-9-4-5-10-6-8-7-11-8/h8H,2-7H2,1H3. The number of hydrogen-bond acceptors (Lipinski definition) is 3. The van der Waals surface area contributed by atoms with Gasteiger partial charge in [-0.25, -0.2) is 0 Å². The van der Waals surface area contributed by atoms with Crippen LogP contribution >= 0.6 is 35.3 Å². The maximum absolute atomic E-state index is 2.25. The average Bonchev–Trinajstić information content (AvgIpc) is 2.80. The second-order valence-corrected chi connectivity index (χ2v) is 6.35. The Kier molecular flexibility index (Phi) is 6.04. The summed E-state index contributed by atoms with van der Waals surface area (Å²) >= 11 is 6.34. The van der Waals surface area contributed by atoms with Crippen molar-refractivity contribution >= 4 is 35.3 Å². The topological polar surface area (TPSA) is 0 Å². The van der Waals surface area contributed by atoms with Gasteiger partial charge in [0.2, 0.25) is 0 Å². The summed E-state index contributed by atoms with van der Waals surface area (Å²) in [5.74, 6) is 6.89. The van der Waals surface area contributed by atoms with Crippen LogP contribution in [0.1, 0.15) is 13.3 Å². The van der Waals surface area contributed by atoms with Gasteiger partial charge in [0.25, 0.3) is 0 Å². The number of hydrogen-bond donors (Lipinski definition) is 0. The first-order chi connectivity index (χ1) is 5.43. The molecule has 0 nitrogen and oxygen atoms in total. The molecule has 0 aromatic rings. The van der Waals surface area contributed by atoms with Crippen molar-refractivity contribution in [1.82, 2.24) is 0 Å². The molecule has 0 amide bonds. The first-order valence-corrected chi connectivity index (χ1v) is 7.56. The van der Waals surface area contributed by atoms with Gasteiger partial charge in [-0.15, -0.1) is 0 Å². The number of rotatable bonds is 7. The SMILES string of the molecule is CCCSCCSCC1CS1. The molecule has 0 aliphatic carbocycles. The molecular formula is C8H16S3. The highest BCUT2D eigenvalue weighted by Gasteiger charge is 2.21. The summed E-state index contributed by atoms with van der Waals surface area (Å²) in [5.41, 5.74) is 0. The van der Waals surface area contributed by atoms with Crippen molar-refractivity contribution in [2.75, 3.05) is 28.8 Å². The normalized spacial score (nSPS) is 22.1. The maximum atomic E-state index is 2.25. The summed E-state index contributed by atoms with van der Waals surface area (Å²) in [7, 11) is 0. The number of thioether (sulfide) groups is 3. The molecule has 1 aliphatic heterocycles. The van der Waals surface area contributed by atoms with Crippen molar-refractivity contribution in [2.24, 2.45) is 0 Å². The lowest BCUT2D eigenvalue weighted by Gasteiger charge is -1.98. The van der Waals surface area contributed by atoms with Gasteiger partial charge in [-0.1, -0.05) is 6.92 Å². The third kappa shape index (κ3) is 6.23. The molecule has 11 heavy (non-hydrogen) atoms. The van der Waals surface area contributed by atoms with Gasteiger partial charge in [0.1, 0.15) is 0 Å². The van der Waals surface area contributed by atoms with Crippen LogP contribution in [0.4, 0.5) is 0 Å². The summed E-state index contributed by atoms with van der Waals surface area (Å²) < 4.78 is 0. The lowest BCUT2D eigenvalue weighted by Crippen LogP contribution is -1.92. The molecule has 0 spiro atoms. The zero-order valence-electron chi connectivity index (χ0n) is 7.04. The smallest absolute Gasteiger partial charge is 0.0229 e. The van der Waals surface area contributed by atoms with Crippen LogP contribution in [0.25, 0.3) is 0 Å². The maximum Gasteiger partial charge on any atom is 0.0229 e. The fourth-order valence-corrected chi connectivity index (χ4v) is 3.80. The third-order valence-corrected chi connectivity index (χ3v) is 5.19. The lowest BCUT2D eigenvalue weighted by molar-refractivity contribution is 1.11. The van der Waals surface area contributed by atoms with Gasteiger partial charge in [-0.3, -0.25) is 0 Å². The van der Waals surface area contributed by atoms with E-state index in [4.69, 9.17) is 0 Å².